The van der Waals surface area contributed by atoms with E-state index < -0.39 is 35.0 Å². The Labute approximate surface area is 133 Å². The fraction of sp³-hybridized carbons (Fsp3) is 0.625. The number of allylic oxidation sites excluding steroid dienone is 4. The molecule has 2 rings (SSSR count). The van der Waals surface area contributed by atoms with Crippen LogP contribution in [0.15, 0.2) is 23.0 Å². The highest BCUT2D eigenvalue weighted by molar-refractivity contribution is 6.14. The Hall–Kier alpha value is -1.79. The first kappa shape index (κ1) is 17.6. The lowest BCUT2D eigenvalue weighted by molar-refractivity contribution is -0.136. The van der Waals surface area contributed by atoms with Gasteiger partial charge in [-0.05, 0) is 32.8 Å². The van der Waals surface area contributed by atoms with Crippen LogP contribution in [-0.2, 0) is 9.59 Å². The van der Waals surface area contributed by atoms with Crippen LogP contribution in [0.2, 0.25) is 0 Å². The summed E-state index contributed by atoms with van der Waals surface area (Å²) in [5.74, 6) is -1.25. The van der Waals surface area contributed by atoms with Crippen molar-refractivity contribution in [3.63, 3.8) is 0 Å². The average Bonchev–Trinajstić information content (AvgIpc) is 2.60. The van der Waals surface area contributed by atoms with E-state index in [9.17, 15) is 22.8 Å². The van der Waals surface area contributed by atoms with Gasteiger partial charge in [-0.15, -0.1) is 0 Å². The Kier molecular flexibility index (Phi) is 4.11. The molecule has 1 aliphatic heterocycles. The average molecular weight is 330 g/mol. The molecule has 4 nitrogen and oxygen atoms in total. The fourth-order valence-corrected chi connectivity index (χ4v) is 3.19. The number of nitrogens with zero attached hydrogens (tertiary/aromatic N) is 1. The van der Waals surface area contributed by atoms with Gasteiger partial charge in [-0.25, -0.2) is 0 Å². The lowest BCUT2D eigenvalue weighted by Crippen LogP contribution is -2.38. The van der Waals surface area contributed by atoms with Crippen molar-refractivity contribution in [2.24, 2.45) is 17.1 Å². The standard InChI is InChI=1S/C16H21F3N2O2/c1-5-11-13(22)15(3,4)14(23)21(11)9-6-8(2)12(20)10(7-9)16(17,18)19/h7-8,11H,5-6,20H2,1-4H3. The van der Waals surface area contributed by atoms with Crippen LogP contribution < -0.4 is 5.73 Å². The third-order valence-electron chi connectivity index (χ3n) is 4.65. The number of nitrogens with two attached hydrogens (primary N) is 1. The number of hydrogen-bond donors (Lipinski definition) is 1. The molecule has 0 aromatic heterocycles. The van der Waals surface area contributed by atoms with Crippen LogP contribution in [0.1, 0.15) is 40.5 Å². The Morgan fingerprint density at radius 3 is 2.39 bits per heavy atom. The van der Waals surface area contributed by atoms with E-state index in [1.54, 1.807) is 13.8 Å². The summed E-state index contributed by atoms with van der Waals surface area (Å²) in [4.78, 5) is 26.2. The zero-order valence-corrected chi connectivity index (χ0v) is 13.6. The van der Waals surface area contributed by atoms with Gasteiger partial charge < -0.3 is 10.6 Å². The highest BCUT2D eigenvalue weighted by atomic mass is 19.4. The second-order valence-corrected chi connectivity index (χ2v) is 6.70. The van der Waals surface area contributed by atoms with Crippen molar-refractivity contribution in [2.75, 3.05) is 0 Å². The van der Waals surface area contributed by atoms with Gasteiger partial charge in [-0.1, -0.05) is 13.8 Å². The molecular formula is C16H21F3N2O2. The summed E-state index contributed by atoms with van der Waals surface area (Å²) in [7, 11) is 0. The summed E-state index contributed by atoms with van der Waals surface area (Å²) in [5, 5.41) is 0. The van der Waals surface area contributed by atoms with Gasteiger partial charge in [-0.3, -0.25) is 9.59 Å². The molecule has 2 aliphatic rings. The molecule has 1 saturated heterocycles. The number of carbonyl (C=O) groups excluding carboxylic acids is 2. The van der Waals surface area contributed by atoms with E-state index >= 15 is 0 Å². The van der Waals surface area contributed by atoms with Crippen LogP contribution >= 0.6 is 0 Å². The Bertz CT molecular complexity index is 617. The van der Waals surface area contributed by atoms with Gasteiger partial charge in [0.2, 0.25) is 5.91 Å². The molecule has 1 heterocycles. The molecule has 128 valence electrons. The summed E-state index contributed by atoms with van der Waals surface area (Å²) >= 11 is 0. The fourth-order valence-electron chi connectivity index (χ4n) is 3.19. The predicted octanol–water partition coefficient (Wildman–Crippen LogP) is 2.90. The number of halogens is 3. The van der Waals surface area contributed by atoms with Crippen LogP contribution in [0.25, 0.3) is 0 Å². The molecule has 2 atom stereocenters. The maximum absolute atomic E-state index is 13.2. The van der Waals surface area contributed by atoms with Crippen LogP contribution in [0.5, 0.6) is 0 Å². The van der Waals surface area contributed by atoms with Gasteiger partial charge in [0.15, 0.2) is 5.78 Å². The number of alkyl halides is 3. The smallest absolute Gasteiger partial charge is 0.401 e. The third kappa shape index (κ3) is 2.66. The van der Waals surface area contributed by atoms with Crippen molar-refractivity contribution in [3.8, 4) is 0 Å². The predicted molar refractivity (Wildman–Crippen MR) is 78.8 cm³/mol. The minimum atomic E-state index is -4.59. The van der Waals surface area contributed by atoms with E-state index in [0.717, 1.165) is 6.08 Å². The van der Waals surface area contributed by atoms with Crippen LogP contribution in [0.3, 0.4) is 0 Å². The second-order valence-electron chi connectivity index (χ2n) is 6.70. The number of ketones is 1. The van der Waals surface area contributed by atoms with Gasteiger partial charge in [0.05, 0.1) is 11.6 Å². The molecule has 23 heavy (non-hydrogen) atoms. The molecule has 1 fully saturated rings. The number of likely N-dealkylation sites (tertiary alicyclic amines) is 1. The van der Waals surface area contributed by atoms with Crippen molar-refractivity contribution in [1.29, 1.82) is 0 Å². The van der Waals surface area contributed by atoms with Crippen LogP contribution in [-0.4, -0.2) is 28.8 Å². The quantitative estimate of drug-likeness (QED) is 0.792. The number of hydrogen-bond acceptors (Lipinski definition) is 3. The van der Waals surface area contributed by atoms with Gasteiger partial charge in [0.1, 0.15) is 5.41 Å². The SMILES string of the molecule is CCC1C(=O)C(C)(C)C(=O)N1C1=CC(C(F)(F)F)=C(N)C(C)C1. The second kappa shape index (κ2) is 5.39. The first-order valence-electron chi connectivity index (χ1n) is 7.58. The third-order valence-corrected chi connectivity index (χ3v) is 4.65. The summed E-state index contributed by atoms with van der Waals surface area (Å²) < 4.78 is 39.5. The molecule has 0 aromatic rings. The van der Waals surface area contributed by atoms with Crippen LogP contribution in [0.4, 0.5) is 13.2 Å². The van der Waals surface area contributed by atoms with Gasteiger partial charge in [-0.2, -0.15) is 13.2 Å². The molecule has 0 aromatic carbocycles. The molecule has 1 amide bonds. The van der Waals surface area contributed by atoms with Gasteiger partial charge >= 0.3 is 6.18 Å². The molecule has 1 aliphatic carbocycles. The monoisotopic (exact) mass is 330 g/mol. The van der Waals surface area contributed by atoms with Gasteiger partial charge in [0, 0.05) is 17.3 Å². The number of Topliss-reactive ketones (excluding diaryl/α,β-unsaturated/α-hetero) is 1. The maximum atomic E-state index is 13.2. The minimum Gasteiger partial charge on any atom is -0.401 e. The van der Waals surface area contributed by atoms with Crippen molar-refractivity contribution in [2.45, 2.75) is 52.8 Å². The molecule has 0 radical (unpaired) electrons. The molecule has 0 spiro atoms. The largest absolute Gasteiger partial charge is 0.418 e. The van der Waals surface area contributed by atoms with E-state index in [2.05, 4.69) is 0 Å². The maximum Gasteiger partial charge on any atom is 0.418 e. The topological polar surface area (TPSA) is 63.4 Å². The van der Waals surface area contributed by atoms with Crippen molar-refractivity contribution < 1.29 is 22.8 Å². The summed E-state index contributed by atoms with van der Waals surface area (Å²) in [6.07, 6.45) is -3.10. The molecule has 0 saturated carbocycles. The number of carbonyl (C=O) groups is 2. The van der Waals surface area contributed by atoms with E-state index in [-0.39, 0.29) is 23.6 Å². The highest BCUT2D eigenvalue weighted by Gasteiger charge is 2.54. The highest BCUT2D eigenvalue weighted by Crippen LogP contribution is 2.42. The van der Waals surface area contributed by atoms with Crippen LogP contribution in [0, 0.1) is 11.3 Å². The zero-order valence-electron chi connectivity index (χ0n) is 13.6. The van der Waals surface area contributed by atoms with Crippen molar-refractivity contribution in [3.05, 3.63) is 23.0 Å². The van der Waals surface area contributed by atoms with Crippen molar-refractivity contribution >= 4 is 11.7 Å². The molecule has 2 unspecified atom stereocenters. The molecule has 2 N–H and O–H groups in total. The summed E-state index contributed by atoms with van der Waals surface area (Å²) in [6.45, 7) is 6.36. The zero-order chi connectivity index (χ0) is 17.7. The molecule has 0 bridgehead atoms. The number of rotatable bonds is 2. The Morgan fingerprint density at radius 1 is 1.35 bits per heavy atom. The van der Waals surface area contributed by atoms with E-state index in [1.165, 1.54) is 18.7 Å². The summed E-state index contributed by atoms with van der Waals surface area (Å²) in [5.41, 5.74) is 3.45. The van der Waals surface area contributed by atoms with Crippen molar-refractivity contribution in [1.82, 2.24) is 4.90 Å². The first-order valence-corrected chi connectivity index (χ1v) is 7.58. The van der Waals surface area contributed by atoms with E-state index in [1.807, 2.05) is 0 Å². The summed E-state index contributed by atoms with van der Waals surface area (Å²) in [6, 6.07) is -0.718. The normalized spacial score (nSPS) is 28.5. The van der Waals surface area contributed by atoms with E-state index in [0.29, 0.717) is 6.42 Å². The molecular weight excluding hydrogens is 309 g/mol. The lowest BCUT2D eigenvalue weighted by Gasteiger charge is -2.32. The van der Waals surface area contributed by atoms with E-state index in [4.69, 9.17) is 5.73 Å². The first-order chi connectivity index (χ1) is 10.4. The number of amides is 1. The minimum absolute atomic E-state index is 0.205. The Balaban J connectivity index is 2.53. The lowest BCUT2D eigenvalue weighted by atomic mass is 9.88. The van der Waals surface area contributed by atoms with Gasteiger partial charge in [0.25, 0.3) is 0 Å². The molecule has 7 heteroatoms. The Morgan fingerprint density at radius 2 is 1.91 bits per heavy atom.